The van der Waals surface area contributed by atoms with Gasteiger partial charge in [-0.3, -0.25) is 19.8 Å². The first-order valence-electron chi connectivity index (χ1n) is 12.9. The molecule has 0 radical (unpaired) electrons. The molecule has 0 spiro atoms. The number of hydrogen-bond donors (Lipinski definition) is 0. The SMILES string of the molecule is CC(C)Oc1cc2c(cc1[N+](=O)[O-])CN(C1CCC(N3CCN(C(=O)OC(C)(C)C)CC3)CC1)C2=O. The zero-order valence-corrected chi connectivity index (χ0v) is 22.0. The molecule has 2 aliphatic heterocycles. The molecule has 4 rings (SSSR count). The second kappa shape index (κ2) is 10.2. The third-order valence-corrected chi connectivity index (χ3v) is 7.17. The van der Waals surface area contributed by atoms with Crippen LogP contribution in [0.1, 0.15) is 76.2 Å². The standard InChI is InChI=1S/C26H38N4O6/c1-17(2)35-23-15-21-18(14-22(23)30(33)34)16-29(24(21)31)20-8-6-19(7-9-20)27-10-12-28(13-11-27)25(32)36-26(3,4)5/h14-15,17,19-20H,6-13,16H2,1-5H3. The van der Waals surface area contributed by atoms with Gasteiger partial charge in [0.25, 0.3) is 5.91 Å². The van der Waals surface area contributed by atoms with E-state index in [-0.39, 0.29) is 35.6 Å². The molecule has 1 saturated heterocycles. The first kappa shape index (κ1) is 26.2. The Hall–Kier alpha value is -2.88. The molecule has 2 amide bonds. The van der Waals surface area contributed by atoms with Gasteiger partial charge in [-0.1, -0.05) is 0 Å². The smallest absolute Gasteiger partial charge is 0.410 e. The Balaban J connectivity index is 1.33. The molecular weight excluding hydrogens is 464 g/mol. The van der Waals surface area contributed by atoms with Crippen molar-refractivity contribution >= 4 is 17.7 Å². The lowest BCUT2D eigenvalue weighted by molar-refractivity contribution is -0.386. The fraction of sp³-hybridized carbons (Fsp3) is 0.692. The number of nitro benzene ring substituents is 1. The number of amides is 2. The summed E-state index contributed by atoms with van der Waals surface area (Å²) in [6.07, 6.45) is 3.29. The van der Waals surface area contributed by atoms with Crippen LogP contribution in [0, 0.1) is 10.1 Å². The monoisotopic (exact) mass is 502 g/mol. The molecule has 2 heterocycles. The Kier molecular flexibility index (Phi) is 7.45. The number of nitrogens with zero attached hydrogens (tertiary/aromatic N) is 4. The number of ether oxygens (including phenoxy) is 2. The highest BCUT2D eigenvalue weighted by atomic mass is 16.6. The topological polar surface area (TPSA) is 105 Å². The number of benzene rings is 1. The molecule has 3 aliphatic rings. The molecule has 198 valence electrons. The van der Waals surface area contributed by atoms with Crippen molar-refractivity contribution in [2.24, 2.45) is 0 Å². The number of carbonyl (C=O) groups is 2. The lowest BCUT2D eigenvalue weighted by atomic mass is 9.89. The van der Waals surface area contributed by atoms with Crippen LogP contribution in [0.3, 0.4) is 0 Å². The molecule has 1 aromatic carbocycles. The largest absolute Gasteiger partial charge is 0.484 e. The van der Waals surface area contributed by atoms with Gasteiger partial charge in [0.2, 0.25) is 0 Å². The van der Waals surface area contributed by atoms with E-state index in [2.05, 4.69) is 4.90 Å². The van der Waals surface area contributed by atoms with E-state index in [1.807, 2.05) is 25.7 Å². The van der Waals surface area contributed by atoms with Crippen LogP contribution in [0.15, 0.2) is 12.1 Å². The van der Waals surface area contributed by atoms with Gasteiger partial charge in [0.1, 0.15) is 5.60 Å². The van der Waals surface area contributed by atoms with Crippen molar-refractivity contribution in [3.05, 3.63) is 33.4 Å². The third-order valence-electron chi connectivity index (χ3n) is 7.17. The fourth-order valence-electron chi connectivity index (χ4n) is 5.47. The van der Waals surface area contributed by atoms with Gasteiger partial charge in [0, 0.05) is 62.5 Å². The summed E-state index contributed by atoms with van der Waals surface area (Å²) in [6, 6.07) is 3.61. The van der Waals surface area contributed by atoms with Gasteiger partial charge in [-0.25, -0.2) is 4.79 Å². The Morgan fingerprint density at radius 2 is 1.67 bits per heavy atom. The summed E-state index contributed by atoms with van der Waals surface area (Å²) in [5.41, 5.74) is 0.624. The molecule has 1 saturated carbocycles. The minimum absolute atomic E-state index is 0.0667. The number of carbonyl (C=O) groups excluding carboxylic acids is 2. The maximum absolute atomic E-state index is 13.2. The van der Waals surface area contributed by atoms with Gasteiger partial charge in [0.15, 0.2) is 5.75 Å². The van der Waals surface area contributed by atoms with Crippen molar-refractivity contribution in [2.45, 2.75) is 90.6 Å². The van der Waals surface area contributed by atoms with Crippen LogP contribution in [-0.4, -0.2) is 81.6 Å². The van der Waals surface area contributed by atoms with Crippen LogP contribution < -0.4 is 4.74 Å². The van der Waals surface area contributed by atoms with Crippen molar-refractivity contribution in [1.82, 2.24) is 14.7 Å². The second-order valence-corrected chi connectivity index (χ2v) is 11.3. The molecule has 10 heteroatoms. The minimum Gasteiger partial charge on any atom is -0.484 e. The van der Waals surface area contributed by atoms with Crippen molar-refractivity contribution in [1.29, 1.82) is 0 Å². The highest BCUT2D eigenvalue weighted by Crippen LogP contribution is 2.38. The molecule has 0 aromatic heterocycles. The van der Waals surface area contributed by atoms with Crippen LogP contribution in [0.25, 0.3) is 0 Å². The van der Waals surface area contributed by atoms with Crippen molar-refractivity contribution < 1.29 is 24.0 Å². The summed E-state index contributed by atoms with van der Waals surface area (Å²) in [5, 5.41) is 11.6. The molecule has 0 unspecified atom stereocenters. The summed E-state index contributed by atoms with van der Waals surface area (Å²) in [5.74, 6) is 0.0844. The predicted octanol–water partition coefficient (Wildman–Crippen LogP) is 4.20. The summed E-state index contributed by atoms with van der Waals surface area (Å²) in [6.45, 7) is 12.6. The molecular formula is C26H38N4O6. The normalized spacial score (nSPS) is 23.1. The molecule has 0 atom stereocenters. The van der Waals surface area contributed by atoms with E-state index in [4.69, 9.17) is 9.47 Å². The van der Waals surface area contributed by atoms with Gasteiger partial charge in [-0.05, 0) is 65.9 Å². The van der Waals surface area contributed by atoms with Crippen LogP contribution in [0.4, 0.5) is 10.5 Å². The maximum Gasteiger partial charge on any atom is 0.410 e. The third kappa shape index (κ3) is 5.74. The van der Waals surface area contributed by atoms with E-state index >= 15 is 0 Å². The highest BCUT2D eigenvalue weighted by Gasteiger charge is 2.38. The Bertz CT molecular complexity index is 1000. The zero-order valence-electron chi connectivity index (χ0n) is 22.0. The molecule has 0 N–H and O–H groups in total. The Morgan fingerprint density at radius 3 is 2.22 bits per heavy atom. The molecule has 1 aromatic rings. The van der Waals surface area contributed by atoms with Gasteiger partial charge in [0.05, 0.1) is 11.0 Å². The number of hydrogen-bond acceptors (Lipinski definition) is 7. The first-order valence-corrected chi connectivity index (χ1v) is 12.9. The molecule has 36 heavy (non-hydrogen) atoms. The van der Waals surface area contributed by atoms with E-state index in [9.17, 15) is 19.7 Å². The Morgan fingerprint density at radius 1 is 1.06 bits per heavy atom. The van der Waals surface area contributed by atoms with Crippen LogP contribution >= 0.6 is 0 Å². The minimum atomic E-state index is -0.493. The first-order chi connectivity index (χ1) is 16.9. The summed E-state index contributed by atoms with van der Waals surface area (Å²) in [7, 11) is 0. The number of piperazine rings is 1. The second-order valence-electron chi connectivity index (χ2n) is 11.3. The van der Waals surface area contributed by atoms with E-state index in [1.165, 1.54) is 6.07 Å². The van der Waals surface area contributed by atoms with E-state index in [0.29, 0.717) is 36.8 Å². The predicted molar refractivity (Wildman–Crippen MR) is 134 cm³/mol. The average Bonchev–Trinajstić information content (AvgIpc) is 3.13. The fourth-order valence-corrected chi connectivity index (χ4v) is 5.47. The van der Waals surface area contributed by atoms with Crippen LogP contribution in [0.2, 0.25) is 0 Å². The van der Waals surface area contributed by atoms with Crippen molar-refractivity contribution in [3.63, 3.8) is 0 Å². The molecule has 1 aliphatic carbocycles. The Labute approximate surface area is 212 Å². The molecule has 10 nitrogen and oxygen atoms in total. The number of nitro groups is 1. The van der Waals surface area contributed by atoms with E-state index in [1.54, 1.807) is 24.8 Å². The van der Waals surface area contributed by atoms with Crippen molar-refractivity contribution in [2.75, 3.05) is 26.2 Å². The summed E-state index contributed by atoms with van der Waals surface area (Å²) in [4.78, 5) is 42.8. The quantitative estimate of drug-likeness (QED) is 0.439. The van der Waals surface area contributed by atoms with Gasteiger partial charge >= 0.3 is 11.8 Å². The number of fused-ring (bicyclic) bond motifs is 1. The van der Waals surface area contributed by atoms with Crippen molar-refractivity contribution in [3.8, 4) is 5.75 Å². The van der Waals surface area contributed by atoms with Crippen LogP contribution in [0.5, 0.6) is 5.75 Å². The van der Waals surface area contributed by atoms with Crippen LogP contribution in [-0.2, 0) is 11.3 Å². The molecule has 0 bridgehead atoms. The van der Waals surface area contributed by atoms with E-state index < -0.39 is 10.5 Å². The van der Waals surface area contributed by atoms with Gasteiger partial charge in [-0.2, -0.15) is 0 Å². The lowest BCUT2D eigenvalue weighted by Gasteiger charge is -2.43. The zero-order chi connectivity index (χ0) is 26.2. The number of rotatable bonds is 5. The average molecular weight is 503 g/mol. The maximum atomic E-state index is 13.2. The summed E-state index contributed by atoms with van der Waals surface area (Å²) < 4.78 is 11.1. The van der Waals surface area contributed by atoms with Gasteiger partial charge < -0.3 is 19.3 Å². The van der Waals surface area contributed by atoms with Gasteiger partial charge in [-0.15, -0.1) is 0 Å². The van der Waals surface area contributed by atoms with E-state index in [0.717, 1.165) is 38.8 Å². The summed E-state index contributed by atoms with van der Waals surface area (Å²) >= 11 is 0. The molecule has 2 fully saturated rings. The lowest BCUT2D eigenvalue weighted by Crippen LogP contribution is -2.54. The highest BCUT2D eigenvalue weighted by molar-refractivity contribution is 5.99.